The number of carbonyl (C=O) groups excluding carboxylic acids is 2. The molecular weight excluding hydrogens is 339 g/mol. The van der Waals surface area contributed by atoms with Crippen LogP contribution in [-0.2, 0) is 19.1 Å². The third kappa shape index (κ3) is 3.16. The number of Topliss-reactive ketones (excluding diaryl/α,β-unsaturated/α-hetero) is 1. The molecule has 4 nitrogen and oxygen atoms in total. The van der Waals surface area contributed by atoms with Crippen molar-refractivity contribution in [1.82, 2.24) is 0 Å². The first-order chi connectivity index (χ1) is 8.10. The van der Waals surface area contributed by atoms with Crippen LogP contribution in [0.15, 0.2) is 21.5 Å². The van der Waals surface area contributed by atoms with E-state index in [4.69, 9.17) is 4.74 Å². The van der Waals surface area contributed by atoms with Gasteiger partial charge in [-0.2, -0.15) is 0 Å². The Morgan fingerprint density at radius 1 is 1.39 bits per heavy atom. The van der Waals surface area contributed by atoms with Crippen LogP contribution >= 0.6 is 0 Å². The van der Waals surface area contributed by atoms with Crippen molar-refractivity contribution in [2.75, 3.05) is 7.11 Å². The maximum atomic E-state index is 12.2. The summed E-state index contributed by atoms with van der Waals surface area (Å²) in [5.74, 6) is -0.615. The Balaban J connectivity index is 3.03. The number of esters is 1. The van der Waals surface area contributed by atoms with E-state index in [9.17, 15) is 9.59 Å². The minimum atomic E-state index is -2.13. The van der Waals surface area contributed by atoms with Crippen molar-refractivity contribution in [3.05, 3.63) is 21.5 Å². The topological polar surface area (TPSA) is 52.6 Å². The first-order valence-electron chi connectivity index (χ1n) is 5.84. The number of carbonyl (C=O) groups is 2. The second-order valence-corrected chi connectivity index (χ2v) is 20.1. The Hall–Kier alpha value is -0.781. The first-order valence-corrected chi connectivity index (χ1v) is 16.0. The van der Waals surface area contributed by atoms with Crippen LogP contribution in [0.3, 0.4) is 0 Å². The zero-order valence-corrected chi connectivity index (χ0v) is 14.6. The molecule has 0 N–H and O–H groups in total. The fraction of sp³-hybridized carbons (Fsp3) is 0.538. The van der Waals surface area contributed by atoms with E-state index in [1.165, 1.54) is 7.11 Å². The average Bonchev–Trinajstić information content (AvgIpc) is 2.46. The van der Waals surface area contributed by atoms with Gasteiger partial charge in [0.15, 0.2) is 0 Å². The zero-order valence-electron chi connectivity index (χ0n) is 11.8. The Morgan fingerprint density at radius 3 is 2.39 bits per heavy atom. The predicted molar refractivity (Wildman–Crippen MR) is 71.7 cm³/mol. The average molecular weight is 359 g/mol. The van der Waals surface area contributed by atoms with Crippen LogP contribution in [0.5, 0.6) is 0 Å². The van der Waals surface area contributed by atoms with E-state index in [1.807, 2.05) is 0 Å². The van der Waals surface area contributed by atoms with Gasteiger partial charge in [-0.25, -0.2) is 0 Å². The van der Waals surface area contributed by atoms with E-state index in [1.54, 1.807) is 19.9 Å². The Bertz CT molecular complexity index is 442. The summed E-state index contributed by atoms with van der Waals surface area (Å²) < 4.78 is 12.3. The van der Waals surface area contributed by atoms with Crippen molar-refractivity contribution in [2.24, 2.45) is 0 Å². The van der Waals surface area contributed by atoms with Crippen molar-refractivity contribution in [3.8, 4) is 0 Å². The number of allylic oxidation sites excluding steroid dienone is 1. The number of ketones is 1. The molecule has 0 unspecified atom stereocenters. The summed E-state index contributed by atoms with van der Waals surface area (Å²) in [5, 5.41) is 0. The van der Waals surface area contributed by atoms with E-state index in [0.717, 1.165) is 0 Å². The number of ether oxygens (including phenoxy) is 2. The van der Waals surface area contributed by atoms with Gasteiger partial charge in [-0.05, 0) is 0 Å². The van der Waals surface area contributed by atoms with Crippen LogP contribution in [0.2, 0.25) is 14.8 Å². The molecule has 0 aromatic rings. The molecule has 0 aliphatic carbocycles. The molecule has 1 aliphatic rings. The number of hydrogen-bond acceptors (Lipinski definition) is 4. The van der Waals surface area contributed by atoms with Crippen molar-refractivity contribution in [3.63, 3.8) is 0 Å². The van der Waals surface area contributed by atoms with Gasteiger partial charge in [-0.3, -0.25) is 0 Å². The molecule has 0 bridgehead atoms. The molecule has 1 atom stereocenters. The molecule has 1 heterocycles. The van der Waals surface area contributed by atoms with Gasteiger partial charge in [0.25, 0.3) is 0 Å². The van der Waals surface area contributed by atoms with E-state index in [2.05, 4.69) is 23.6 Å². The van der Waals surface area contributed by atoms with E-state index in [0.29, 0.717) is 5.76 Å². The normalized spacial score (nSPS) is 24.7. The van der Waals surface area contributed by atoms with Crippen LogP contribution in [-0.4, -0.2) is 42.8 Å². The fourth-order valence-corrected chi connectivity index (χ4v) is 4.02. The van der Waals surface area contributed by atoms with Crippen LogP contribution < -0.4 is 0 Å². The van der Waals surface area contributed by atoms with E-state index in [-0.39, 0.29) is 11.4 Å². The molecule has 0 aromatic carbocycles. The predicted octanol–water partition coefficient (Wildman–Crippen LogP) is 2.22. The molecule has 0 aromatic heterocycles. The molecule has 5 heteroatoms. The summed E-state index contributed by atoms with van der Waals surface area (Å²) in [5.41, 5.74) is -1.04. The molecule has 0 radical (unpaired) electrons. The molecule has 0 spiro atoms. The summed E-state index contributed by atoms with van der Waals surface area (Å²) in [7, 11) is 1.26. The summed E-state index contributed by atoms with van der Waals surface area (Å²) in [6, 6.07) is 0. The van der Waals surface area contributed by atoms with Crippen LogP contribution in [0.25, 0.3) is 0 Å². The molecule has 1 rings (SSSR count). The summed E-state index contributed by atoms with van der Waals surface area (Å²) >= 11 is -2.13. The molecule has 18 heavy (non-hydrogen) atoms. The molecule has 0 fully saturated rings. The number of rotatable bonds is 3. The van der Waals surface area contributed by atoms with E-state index >= 15 is 0 Å². The van der Waals surface area contributed by atoms with Gasteiger partial charge < -0.3 is 0 Å². The van der Waals surface area contributed by atoms with Crippen LogP contribution in [0.1, 0.15) is 13.8 Å². The molecule has 0 saturated carbocycles. The van der Waals surface area contributed by atoms with Crippen molar-refractivity contribution >= 4 is 30.1 Å². The van der Waals surface area contributed by atoms with Crippen molar-refractivity contribution in [1.29, 1.82) is 0 Å². The molecule has 100 valence electrons. The molecular formula is C13H20O4Sn. The molecule has 0 saturated heterocycles. The van der Waals surface area contributed by atoms with Gasteiger partial charge in [0.2, 0.25) is 0 Å². The number of hydrogen-bond donors (Lipinski definition) is 0. The van der Waals surface area contributed by atoms with Gasteiger partial charge >= 0.3 is 112 Å². The van der Waals surface area contributed by atoms with Gasteiger partial charge in [-0.1, -0.05) is 0 Å². The third-order valence-electron chi connectivity index (χ3n) is 2.69. The Kier molecular flexibility index (Phi) is 4.30. The number of methoxy groups -OCH3 is 1. The van der Waals surface area contributed by atoms with Gasteiger partial charge in [0.05, 0.1) is 0 Å². The Labute approximate surface area is 112 Å². The quantitative estimate of drug-likeness (QED) is 0.441. The summed E-state index contributed by atoms with van der Waals surface area (Å²) in [6.45, 7) is 3.30. The molecule has 0 amide bonds. The van der Waals surface area contributed by atoms with Crippen LogP contribution in [0.4, 0.5) is 0 Å². The summed E-state index contributed by atoms with van der Waals surface area (Å²) in [4.78, 5) is 30.5. The SMILES string of the molecule is COC(=O)C1=C(C)O[C@](C)(/C=[CH]/[Sn]([CH3])([CH3])[CH3])C1=O. The van der Waals surface area contributed by atoms with Gasteiger partial charge in [0, 0.05) is 0 Å². The minimum absolute atomic E-state index is 0.0220. The summed E-state index contributed by atoms with van der Waals surface area (Å²) in [6.07, 6.45) is 1.80. The van der Waals surface area contributed by atoms with Crippen molar-refractivity contribution in [2.45, 2.75) is 34.3 Å². The van der Waals surface area contributed by atoms with Gasteiger partial charge in [0.1, 0.15) is 0 Å². The monoisotopic (exact) mass is 360 g/mol. The van der Waals surface area contributed by atoms with Gasteiger partial charge in [-0.15, -0.1) is 0 Å². The second kappa shape index (κ2) is 5.07. The first kappa shape index (κ1) is 15.3. The van der Waals surface area contributed by atoms with E-state index < -0.39 is 29.9 Å². The fourth-order valence-electron chi connectivity index (χ4n) is 1.68. The third-order valence-corrected chi connectivity index (χ3v) is 6.02. The van der Waals surface area contributed by atoms with Crippen molar-refractivity contribution < 1.29 is 19.1 Å². The van der Waals surface area contributed by atoms with Crippen LogP contribution in [0, 0.1) is 0 Å². The Morgan fingerprint density at radius 2 is 1.94 bits per heavy atom. The standard InChI is InChI=1S/C10H11O4.3CH3.Sn/c1-5-10(3)8(11)7(6(2)14-10)9(12)13-4;;;;/h1,5H,2-4H3;3*1H3;/t10-;;;;/m1..../s1. The second-order valence-electron chi connectivity index (χ2n) is 5.66. The zero-order chi connectivity index (χ0) is 14.1. The maximum absolute atomic E-state index is 12.2. The molecule has 1 aliphatic heterocycles.